The zero-order valence-electron chi connectivity index (χ0n) is 9.84. The van der Waals surface area contributed by atoms with Gasteiger partial charge in [-0.15, -0.1) is 0 Å². The lowest BCUT2D eigenvalue weighted by Crippen LogP contribution is -2.41. The molecule has 16 heavy (non-hydrogen) atoms. The second-order valence-corrected chi connectivity index (χ2v) is 4.73. The minimum Gasteiger partial charge on any atom is -0.411 e. The van der Waals surface area contributed by atoms with Gasteiger partial charge in [0.2, 0.25) is 12.3 Å². The van der Waals surface area contributed by atoms with Crippen LogP contribution in [-0.4, -0.2) is 17.2 Å². The number of nitrogens with zero attached hydrogens (tertiary/aromatic N) is 2. The van der Waals surface area contributed by atoms with Crippen molar-refractivity contribution in [3.8, 4) is 0 Å². The lowest BCUT2D eigenvalue weighted by Gasteiger charge is -2.13. The maximum atomic E-state index is 11.8. The molecule has 4 nitrogen and oxygen atoms in total. The summed E-state index contributed by atoms with van der Waals surface area (Å²) in [5.74, 6) is 0.163. The monoisotopic (exact) mass is 221 g/mol. The summed E-state index contributed by atoms with van der Waals surface area (Å²) in [4.78, 5) is 11.8. The van der Waals surface area contributed by atoms with E-state index in [1.54, 1.807) is 16.8 Å². The molecule has 1 aromatic rings. The van der Waals surface area contributed by atoms with Crippen LogP contribution in [0, 0.1) is 5.41 Å². The van der Waals surface area contributed by atoms with E-state index in [2.05, 4.69) is 5.16 Å². The second kappa shape index (κ2) is 4.88. The predicted molar refractivity (Wildman–Crippen MR) is 60.5 cm³/mol. The molecule has 0 fully saturated rings. The van der Waals surface area contributed by atoms with E-state index in [4.69, 9.17) is 5.21 Å². The van der Waals surface area contributed by atoms with Crippen LogP contribution in [0.3, 0.4) is 0 Å². The smallest absolute Gasteiger partial charge is 0.207 e. The van der Waals surface area contributed by atoms with Crippen molar-refractivity contribution in [1.82, 2.24) is 0 Å². The summed E-state index contributed by atoms with van der Waals surface area (Å²) in [6.07, 6.45) is 4.92. The Morgan fingerprint density at radius 1 is 1.56 bits per heavy atom. The Morgan fingerprint density at radius 2 is 2.25 bits per heavy atom. The summed E-state index contributed by atoms with van der Waals surface area (Å²) in [5, 5.41) is 11.4. The molecule has 0 saturated carbocycles. The van der Waals surface area contributed by atoms with Crippen LogP contribution in [0.25, 0.3) is 0 Å². The number of carbonyl (C=O) groups excluding carboxylic acids is 1. The molecule has 0 aliphatic rings. The standard InChI is InChI=1S/C12H16N2O2/c1-12(2,3)11(15)9-14-6-4-5-10(8-14)7-13-16/h4-8H,9H2,1-3H3/p+1. The Morgan fingerprint density at radius 3 is 2.81 bits per heavy atom. The minimum absolute atomic E-state index is 0.163. The molecule has 1 rings (SSSR count). The molecule has 0 radical (unpaired) electrons. The summed E-state index contributed by atoms with van der Waals surface area (Å²) in [6.45, 7) is 6.02. The molecular weight excluding hydrogens is 204 g/mol. The molecule has 0 bridgehead atoms. The predicted octanol–water partition coefficient (Wildman–Crippen LogP) is 1.40. The van der Waals surface area contributed by atoms with Crippen LogP contribution >= 0.6 is 0 Å². The van der Waals surface area contributed by atoms with Gasteiger partial charge in [-0.25, -0.2) is 0 Å². The van der Waals surface area contributed by atoms with Gasteiger partial charge in [-0.05, 0) is 6.07 Å². The molecule has 1 aromatic heterocycles. The number of aromatic nitrogens is 1. The van der Waals surface area contributed by atoms with E-state index in [9.17, 15) is 4.79 Å². The number of pyridine rings is 1. The Balaban J connectivity index is 2.82. The molecule has 0 saturated heterocycles. The topological polar surface area (TPSA) is 53.5 Å². The maximum absolute atomic E-state index is 11.8. The van der Waals surface area contributed by atoms with Crippen molar-refractivity contribution in [2.24, 2.45) is 10.6 Å². The molecule has 1 N–H and O–H groups in total. The van der Waals surface area contributed by atoms with E-state index in [1.807, 2.05) is 33.0 Å². The third-order valence-electron chi connectivity index (χ3n) is 2.25. The lowest BCUT2D eigenvalue weighted by atomic mass is 9.91. The van der Waals surface area contributed by atoms with Crippen LogP contribution < -0.4 is 4.57 Å². The maximum Gasteiger partial charge on any atom is 0.207 e. The highest BCUT2D eigenvalue weighted by molar-refractivity contribution is 5.82. The van der Waals surface area contributed by atoms with Gasteiger partial charge in [0, 0.05) is 11.5 Å². The number of ketones is 1. The summed E-state index contributed by atoms with van der Waals surface area (Å²) in [5.41, 5.74) is 0.417. The van der Waals surface area contributed by atoms with Crippen molar-refractivity contribution in [2.45, 2.75) is 27.3 Å². The molecule has 1 heterocycles. The molecule has 0 aromatic carbocycles. The number of Topliss-reactive ketones (excluding diaryl/α,β-unsaturated/α-hetero) is 1. The Hall–Kier alpha value is -1.71. The summed E-state index contributed by atoms with van der Waals surface area (Å²) in [7, 11) is 0. The van der Waals surface area contributed by atoms with E-state index < -0.39 is 0 Å². The van der Waals surface area contributed by atoms with Gasteiger partial charge in [-0.1, -0.05) is 25.9 Å². The van der Waals surface area contributed by atoms with Gasteiger partial charge < -0.3 is 5.21 Å². The minimum atomic E-state index is -0.339. The van der Waals surface area contributed by atoms with Crippen molar-refractivity contribution < 1.29 is 14.6 Å². The van der Waals surface area contributed by atoms with Gasteiger partial charge in [0.05, 0.1) is 11.8 Å². The number of hydrogen-bond donors (Lipinski definition) is 1. The molecule has 0 aliphatic carbocycles. The molecule has 0 atom stereocenters. The van der Waals surface area contributed by atoms with Gasteiger partial charge in [-0.3, -0.25) is 4.79 Å². The van der Waals surface area contributed by atoms with Gasteiger partial charge in [-0.2, -0.15) is 4.57 Å². The van der Waals surface area contributed by atoms with Crippen LogP contribution in [0.5, 0.6) is 0 Å². The van der Waals surface area contributed by atoms with Crippen molar-refractivity contribution in [1.29, 1.82) is 0 Å². The summed E-state index contributed by atoms with van der Waals surface area (Å²) in [6, 6.07) is 3.62. The summed E-state index contributed by atoms with van der Waals surface area (Å²) >= 11 is 0. The van der Waals surface area contributed by atoms with E-state index in [-0.39, 0.29) is 11.2 Å². The van der Waals surface area contributed by atoms with Crippen molar-refractivity contribution >= 4 is 12.0 Å². The first-order valence-corrected chi connectivity index (χ1v) is 5.13. The molecule has 4 heteroatoms. The third kappa shape index (κ3) is 3.46. The molecule has 0 unspecified atom stereocenters. The fraction of sp³-hybridized carbons (Fsp3) is 0.417. The average Bonchev–Trinajstić information content (AvgIpc) is 2.17. The van der Waals surface area contributed by atoms with Crippen molar-refractivity contribution in [2.75, 3.05) is 0 Å². The van der Waals surface area contributed by atoms with Gasteiger partial charge in [0.1, 0.15) is 0 Å². The number of hydrogen-bond acceptors (Lipinski definition) is 3. The molecule has 0 aliphatic heterocycles. The van der Waals surface area contributed by atoms with Crippen molar-refractivity contribution in [3.05, 3.63) is 30.1 Å². The first-order chi connectivity index (χ1) is 7.43. The fourth-order valence-corrected chi connectivity index (χ4v) is 1.19. The first-order valence-electron chi connectivity index (χ1n) is 5.13. The highest BCUT2D eigenvalue weighted by Gasteiger charge is 2.24. The SMILES string of the molecule is CC(C)(C)C(=O)C[n+]1cccc(C=NO)c1. The Labute approximate surface area is 95.2 Å². The highest BCUT2D eigenvalue weighted by atomic mass is 16.4. The lowest BCUT2D eigenvalue weighted by molar-refractivity contribution is -0.684. The molecule has 0 amide bonds. The van der Waals surface area contributed by atoms with Crippen molar-refractivity contribution in [3.63, 3.8) is 0 Å². The zero-order chi connectivity index (χ0) is 12.2. The van der Waals surface area contributed by atoms with Crippen LogP contribution in [0.4, 0.5) is 0 Å². The largest absolute Gasteiger partial charge is 0.411 e. The van der Waals surface area contributed by atoms with E-state index in [0.717, 1.165) is 5.56 Å². The second-order valence-electron chi connectivity index (χ2n) is 4.73. The van der Waals surface area contributed by atoms with E-state index in [1.165, 1.54) is 6.21 Å². The van der Waals surface area contributed by atoms with Crippen LogP contribution in [0.2, 0.25) is 0 Å². The van der Waals surface area contributed by atoms with Crippen LogP contribution in [0.1, 0.15) is 26.3 Å². The van der Waals surface area contributed by atoms with Gasteiger partial charge in [0.15, 0.2) is 12.4 Å². The quantitative estimate of drug-likeness (QED) is 0.363. The van der Waals surface area contributed by atoms with E-state index >= 15 is 0 Å². The van der Waals surface area contributed by atoms with Gasteiger partial charge in [0.25, 0.3) is 0 Å². The Bertz CT molecular complexity index is 406. The van der Waals surface area contributed by atoms with Crippen LogP contribution in [-0.2, 0) is 11.3 Å². The molecule has 86 valence electrons. The number of rotatable bonds is 3. The Kier molecular flexibility index (Phi) is 3.77. The van der Waals surface area contributed by atoms with Crippen LogP contribution in [0.15, 0.2) is 29.7 Å². The highest BCUT2D eigenvalue weighted by Crippen LogP contribution is 2.14. The molecular formula is C12H17N2O2+. The number of carbonyl (C=O) groups is 1. The van der Waals surface area contributed by atoms with E-state index in [0.29, 0.717) is 6.54 Å². The van der Waals surface area contributed by atoms with Gasteiger partial charge >= 0.3 is 0 Å². The summed E-state index contributed by atoms with van der Waals surface area (Å²) < 4.78 is 1.78. The normalized spacial score (nSPS) is 11.9. The number of oxime groups is 1. The zero-order valence-corrected chi connectivity index (χ0v) is 9.84. The average molecular weight is 221 g/mol. The fourth-order valence-electron chi connectivity index (χ4n) is 1.19. The third-order valence-corrected chi connectivity index (χ3v) is 2.25. The molecule has 0 spiro atoms. The first kappa shape index (κ1) is 12.4.